The van der Waals surface area contributed by atoms with E-state index < -0.39 is 0 Å². The van der Waals surface area contributed by atoms with Gasteiger partial charge in [0.2, 0.25) is 0 Å². The number of phenolic OH excluding ortho intramolecular Hbond substituents is 8. The normalized spacial score (nSPS) is 11.2. The fourth-order valence-corrected chi connectivity index (χ4v) is 4.68. The van der Waals surface area contributed by atoms with Crippen molar-refractivity contribution in [2.24, 2.45) is 0 Å². The minimum Gasteiger partial charge on any atom is -0.508 e. The average Bonchev–Trinajstić information content (AvgIpc) is 2.97. The Morgan fingerprint density at radius 2 is 1.09 bits per heavy atom. The van der Waals surface area contributed by atoms with Crippen LogP contribution in [0.15, 0.2) is 48.5 Å². The van der Waals surface area contributed by atoms with E-state index in [9.17, 15) is 46.0 Å². The van der Waals surface area contributed by atoms with Gasteiger partial charge in [-0.3, -0.25) is 0 Å². The zero-order chi connectivity index (χ0) is 31.3. The first kappa shape index (κ1) is 31.1. The molecular formula is C32H34O11. The van der Waals surface area contributed by atoms with Crippen molar-refractivity contribution >= 4 is 0 Å². The second-order valence-corrected chi connectivity index (χ2v) is 10.0. The van der Waals surface area contributed by atoms with Gasteiger partial charge in [0.05, 0.1) is 44.2 Å². The molecule has 0 spiro atoms. The molecule has 0 bridgehead atoms. The molecule has 9 N–H and O–H groups in total. The fraction of sp³-hybridized carbons (Fsp3) is 0.250. The highest BCUT2D eigenvalue weighted by Gasteiger charge is 2.21. The maximum Gasteiger partial charge on any atom is 0.128 e. The lowest BCUT2D eigenvalue weighted by molar-refractivity contribution is 0.102. The molecule has 11 heteroatoms. The lowest BCUT2D eigenvalue weighted by atomic mass is 9.94. The zero-order valence-corrected chi connectivity index (χ0v) is 23.4. The summed E-state index contributed by atoms with van der Waals surface area (Å²) in [5.41, 5.74) is 2.13. The highest BCUT2D eigenvalue weighted by atomic mass is 16.5. The molecule has 0 aliphatic rings. The van der Waals surface area contributed by atoms with Crippen LogP contribution in [0.5, 0.6) is 46.0 Å². The van der Waals surface area contributed by atoms with Crippen molar-refractivity contribution < 1.29 is 55.4 Å². The van der Waals surface area contributed by atoms with Crippen molar-refractivity contribution in [3.05, 3.63) is 93.0 Å². The summed E-state index contributed by atoms with van der Waals surface area (Å²) < 4.78 is 11.2. The number of rotatable bonds is 12. The topological polar surface area (TPSA) is 201 Å². The van der Waals surface area contributed by atoms with Crippen molar-refractivity contribution in [1.29, 1.82) is 0 Å². The fourth-order valence-electron chi connectivity index (χ4n) is 4.68. The lowest BCUT2D eigenvalue weighted by Crippen LogP contribution is -2.02. The van der Waals surface area contributed by atoms with E-state index in [2.05, 4.69) is 0 Å². The molecule has 0 radical (unpaired) electrons. The minimum atomic E-state index is -0.359. The number of benzene rings is 4. The molecule has 4 rings (SSSR count). The van der Waals surface area contributed by atoms with E-state index in [0.717, 1.165) is 0 Å². The highest BCUT2D eigenvalue weighted by molar-refractivity contribution is 5.57. The second kappa shape index (κ2) is 13.4. The summed E-state index contributed by atoms with van der Waals surface area (Å²) in [7, 11) is 0. The first-order chi connectivity index (χ1) is 20.5. The van der Waals surface area contributed by atoms with Gasteiger partial charge < -0.3 is 55.4 Å². The minimum absolute atomic E-state index is 0.0680. The van der Waals surface area contributed by atoms with E-state index in [0.29, 0.717) is 34.2 Å². The van der Waals surface area contributed by atoms with Crippen LogP contribution in [0, 0.1) is 0 Å². The van der Waals surface area contributed by atoms with Crippen LogP contribution < -0.4 is 0 Å². The van der Waals surface area contributed by atoms with Crippen LogP contribution in [0.4, 0.5) is 0 Å². The summed E-state index contributed by atoms with van der Waals surface area (Å²) in [6, 6.07) is 11.1. The first-order valence-corrected chi connectivity index (χ1v) is 13.4. The summed E-state index contributed by atoms with van der Waals surface area (Å²) in [5.74, 6) is -1.75. The molecule has 0 atom stereocenters. The van der Waals surface area contributed by atoms with Gasteiger partial charge in [-0.25, -0.2) is 0 Å². The van der Waals surface area contributed by atoms with Crippen molar-refractivity contribution in [1.82, 2.24) is 0 Å². The molecule has 4 aromatic rings. The number of hydrogen-bond donors (Lipinski definition) is 9. The molecule has 228 valence electrons. The lowest BCUT2D eigenvalue weighted by Gasteiger charge is -2.18. The van der Waals surface area contributed by atoms with Crippen LogP contribution >= 0.6 is 0 Å². The summed E-state index contributed by atoms with van der Waals surface area (Å²) in [5, 5.41) is 92.4. The van der Waals surface area contributed by atoms with Crippen molar-refractivity contribution in [3.63, 3.8) is 0 Å². The van der Waals surface area contributed by atoms with Gasteiger partial charge in [-0.05, 0) is 65.6 Å². The van der Waals surface area contributed by atoms with Gasteiger partial charge >= 0.3 is 0 Å². The van der Waals surface area contributed by atoms with E-state index >= 15 is 0 Å². The Hall–Kier alpha value is -4.84. The molecule has 43 heavy (non-hydrogen) atoms. The smallest absolute Gasteiger partial charge is 0.128 e. The molecule has 4 aromatic carbocycles. The van der Waals surface area contributed by atoms with Gasteiger partial charge in [-0.1, -0.05) is 6.92 Å². The Morgan fingerprint density at radius 3 is 1.72 bits per heavy atom. The van der Waals surface area contributed by atoms with Gasteiger partial charge in [0.15, 0.2) is 0 Å². The predicted octanol–water partition coefficient (Wildman–Crippen LogP) is 4.41. The molecule has 0 unspecified atom stereocenters. The second-order valence-electron chi connectivity index (χ2n) is 10.0. The quantitative estimate of drug-likeness (QED) is 0.112. The van der Waals surface area contributed by atoms with Gasteiger partial charge in [0, 0.05) is 29.2 Å². The molecule has 0 aliphatic heterocycles. The molecular weight excluding hydrogens is 560 g/mol. The van der Waals surface area contributed by atoms with E-state index in [1.54, 1.807) is 6.07 Å². The monoisotopic (exact) mass is 594 g/mol. The number of aromatic hydroxyl groups is 8. The Labute approximate surface area is 247 Å². The van der Waals surface area contributed by atoms with Crippen molar-refractivity contribution in [2.75, 3.05) is 0 Å². The summed E-state index contributed by atoms with van der Waals surface area (Å²) in [6.07, 6.45) is 0.302. The Morgan fingerprint density at radius 1 is 0.512 bits per heavy atom. The number of ether oxygens (including phenoxy) is 2. The first-order valence-electron chi connectivity index (χ1n) is 13.4. The van der Waals surface area contributed by atoms with E-state index in [1.165, 1.54) is 42.5 Å². The van der Waals surface area contributed by atoms with Gasteiger partial charge in [-0.15, -0.1) is 0 Å². The van der Waals surface area contributed by atoms with E-state index in [4.69, 9.17) is 9.47 Å². The Bertz CT molecular complexity index is 1590. The molecule has 0 fully saturated rings. The van der Waals surface area contributed by atoms with Crippen LogP contribution in [0.2, 0.25) is 0 Å². The number of aryl methyl sites for hydroxylation is 1. The SMILES string of the molecule is CCc1cc(Cc2c(O)ccc(COCc3c(O)cc(CO)cc3O)c2O)c(O)c(COCc2ccc(O)cc2O)c1O. The molecule has 0 heterocycles. The Balaban J connectivity index is 1.53. The maximum atomic E-state index is 11.1. The molecule has 0 aromatic heterocycles. The Kier molecular flexibility index (Phi) is 9.71. The summed E-state index contributed by atoms with van der Waals surface area (Å²) in [4.78, 5) is 0. The van der Waals surface area contributed by atoms with Gasteiger partial charge in [0.1, 0.15) is 46.0 Å². The van der Waals surface area contributed by atoms with Crippen molar-refractivity contribution in [3.8, 4) is 46.0 Å². The molecule has 0 amide bonds. The number of hydrogen-bond acceptors (Lipinski definition) is 11. The van der Waals surface area contributed by atoms with Crippen LogP contribution in [-0.2, 0) is 55.3 Å². The molecule has 0 aliphatic carbocycles. The van der Waals surface area contributed by atoms with Gasteiger partial charge in [0.25, 0.3) is 0 Å². The van der Waals surface area contributed by atoms with Crippen LogP contribution in [0.3, 0.4) is 0 Å². The summed E-state index contributed by atoms with van der Waals surface area (Å²) >= 11 is 0. The maximum absolute atomic E-state index is 11.1. The number of phenols is 8. The van der Waals surface area contributed by atoms with Gasteiger partial charge in [-0.2, -0.15) is 0 Å². The largest absolute Gasteiger partial charge is 0.508 e. The van der Waals surface area contributed by atoms with Crippen molar-refractivity contribution in [2.45, 2.75) is 52.8 Å². The standard InChI is InChI=1S/C32H34O11/c1-2-18-9-21(32(41)25(30(18)39)16-42-13-19-3-5-22(34)11-27(19)36)10-23-26(35)6-4-20(31(23)40)14-43-15-24-28(37)7-17(12-33)8-29(24)38/h3-9,11,33-41H,2,10,12-16H2,1H3. The molecule has 0 saturated heterocycles. The zero-order valence-electron chi connectivity index (χ0n) is 23.4. The van der Waals surface area contributed by atoms with E-state index in [1.807, 2.05) is 6.92 Å². The van der Waals surface area contributed by atoms with Crippen LogP contribution in [0.1, 0.15) is 51.4 Å². The van der Waals surface area contributed by atoms with E-state index in [-0.39, 0.29) is 102 Å². The predicted molar refractivity (Wildman–Crippen MR) is 154 cm³/mol. The third-order valence-corrected chi connectivity index (χ3v) is 7.14. The number of aliphatic hydroxyl groups is 1. The average molecular weight is 595 g/mol. The third-order valence-electron chi connectivity index (χ3n) is 7.14. The van der Waals surface area contributed by atoms with Crippen LogP contribution in [-0.4, -0.2) is 46.0 Å². The molecule has 11 nitrogen and oxygen atoms in total. The summed E-state index contributed by atoms with van der Waals surface area (Å²) in [6.45, 7) is 0.815. The third kappa shape index (κ3) is 6.97. The highest BCUT2D eigenvalue weighted by Crippen LogP contribution is 2.40. The number of aliphatic hydroxyl groups excluding tert-OH is 1. The van der Waals surface area contributed by atoms with Crippen LogP contribution in [0.25, 0.3) is 0 Å². The molecule has 0 saturated carbocycles.